The van der Waals surface area contributed by atoms with Crippen molar-refractivity contribution >= 4 is 27.5 Å². The van der Waals surface area contributed by atoms with Crippen LogP contribution in [-0.2, 0) is 4.74 Å². The Kier molecular flexibility index (Phi) is 8.04. The summed E-state index contributed by atoms with van der Waals surface area (Å²) in [6.07, 6.45) is 5.19. The number of hydrogen-bond acceptors (Lipinski definition) is 10. The fraction of sp³-hybridized carbons (Fsp3) is 0.500. The van der Waals surface area contributed by atoms with Gasteiger partial charge in [-0.3, -0.25) is 0 Å². The van der Waals surface area contributed by atoms with Gasteiger partial charge in [0, 0.05) is 29.0 Å². The number of phenols is 1. The van der Waals surface area contributed by atoms with Crippen LogP contribution in [0.25, 0.3) is 32.9 Å². The fourth-order valence-electron chi connectivity index (χ4n) is 7.86. The molecule has 13 heteroatoms. The SMILES string of the molecule is COc1nc(-c2cc(O)cc3ccc(F)c(F)c23)c(F)c2nc(OCC34CCCC3N(C)CCC4)nc(N3CCOCC(C)(O)C3)c12. The molecule has 2 aliphatic heterocycles. The van der Waals surface area contributed by atoms with Gasteiger partial charge >= 0.3 is 6.01 Å². The molecule has 3 aliphatic rings. The monoisotopic (exact) mass is 653 g/mol. The molecule has 2 N–H and O–H groups in total. The lowest BCUT2D eigenvalue weighted by Gasteiger charge is -2.44. The van der Waals surface area contributed by atoms with Crippen LogP contribution in [0.2, 0.25) is 0 Å². The van der Waals surface area contributed by atoms with Crippen molar-refractivity contribution in [2.45, 2.75) is 50.7 Å². The number of fused-ring (bicyclic) bond motifs is 3. The first kappa shape index (κ1) is 31.6. The molecule has 2 saturated heterocycles. The average molecular weight is 654 g/mol. The Morgan fingerprint density at radius 1 is 1.04 bits per heavy atom. The van der Waals surface area contributed by atoms with Crippen molar-refractivity contribution in [2.75, 3.05) is 58.5 Å². The van der Waals surface area contributed by atoms with Gasteiger partial charge in [0.05, 0.1) is 33.5 Å². The van der Waals surface area contributed by atoms with Gasteiger partial charge in [0.25, 0.3) is 0 Å². The maximum atomic E-state index is 16.9. The summed E-state index contributed by atoms with van der Waals surface area (Å²) < 4.78 is 64.3. The van der Waals surface area contributed by atoms with E-state index in [9.17, 15) is 14.6 Å². The predicted octanol–water partition coefficient (Wildman–Crippen LogP) is 5.21. The van der Waals surface area contributed by atoms with E-state index in [4.69, 9.17) is 19.2 Å². The highest BCUT2D eigenvalue weighted by Crippen LogP contribution is 2.48. The molecule has 0 radical (unpaired) electrons. The van der Waals surface area contributed by atoms with Gasteiger partial charge in [-0.25, -0.2) is 18.2 Å². The second kappa shape index (κ2) is 11.9. The smallest absolute Gasteiger partial charge is 0.319 e. The van der Waals surface area contributed by atoms with Crippen LogP contribution in [0, 0.1) is 22.9 Å². The Labute approximate surface area is 270 Å². The number of nitrogens with zero attached hydrogens (tertiary/aromatic N) is 5. The topological polar surface area (TPSA) is 113 Å². The molecule has 2 aromatic carbocycles. The van der Waals surface area contributed by atoms with Gasteiger partial charge < -0.3 is 34.2 Å². The van der Waals surface area contributed by atoms with Crippen molar-refractivity contribution in [2.24, 2.45) is 5.41 Å². The number of pyridine rings is 1. The van der Waals surface area contributed by atoms with Gasteiger partial charge in [-0.1, -0.05) is 12.5 Å². The van der Waals surface area contributed by atoms with Crippen LogP contribution < -0.4 is 14.4 Å². The van der Waals surface area contributed by atoms with Crippen molar-refractivity contribution < 1.29 is 37.6 Å². The van der Waals surface area contributed by atoms with E-state index in [1.54, 1.807) is 11.8 Å². The number of anilines is 1. The summed E-state index contributed by atoms with van der Waals surface area (Å²) in [6, 6.07) is 4.91. The quantitative estimate of drug-likeness (QED) is 0.288. The van der Waals surface area contributed by atoms with E-state index >= 15 is 8.78 Å². The first-order valence-electron chi connectivity index (χ1n) is 15.9. The third-order valence-corrected chi connectivity index (χ3v) is 9.97. The number of phenolic OH excluding ortho intramolecular Hbond substituents is 1. The highest BCUT2D eigenvalue weighted by atomic mass is 19.2. The Balaban J connectivity index is 1.43. The second-order valence-electron chi connectivity index (χ2n) is 13.4. The number of benzene rings is 2. The lowest BCUT2D eigenvalue weighted by molar-refractivity contribution is -0.0123. The number of aliphatic hydroxyl groups is 1. The Hall–Kier alpha value is -3.94. The summed E-state index contributed by atoms with van der Waals surface area (Å²) in [5, 5.41) is 21.5. The first-order valence-corrected chi connectivity index (χ1v) is 15.9. The second-order valence-corrected chi connectivity index (χ2v) is 13.4. The molecule has 2 aromatic heterocycles. The van der Waals surface area contributed by atoms with Crippen LogP contribution in [0.15, 0.2) is 24.3 Å². The number of aromatic hydroxyl groups is 1. The summed E-state index contributed by atoms with van der Waals surface area (Å²) >= 11 is 0. The van der Waals surface area contributed by atoms with Crippen LogP contribution in [-0.4, -0.2) is 95.3 Å². The van der Waals surface area contributed by atoms with Crippen molar-refractivity contribution in [1.82, 2.24) is 19.9 Å². The largest absolute Gasteiger partial charge is 0.508 e. The van der Waals surface area contributed by atoms with Gasteiger partial charge in [-0.2, -0.15) is 9.97 Å². The van der Waals surface area contributed by atoms with E-state index in [0.717, 1.165) is 50.8 Å². The van der Waals surface area contributed by atoms with Crippen LogP contribution in [0.5, 0.6) is 17.6 Å². The first-order chi connectivity index (χ1) is 22.5. The van der Waals surface area contributed by atoms with E-state index in [2.05, 4.69) is 21.9 Å². The molecule has 0 spiro atoms. The van der Waals surface area contributed by atoms with Crippen molar-refractivity contribution in [3.05, 3.63) is 41.7 Å². The molecule has 3 fully saturated rings. The van der Waals surface area contributed by atoms with Gasteiger partial charge in [0.15, 0.2) is 17.5 Å². The minimum atomic E-state index is -1.25. The van der Waals surface area contributed by atoms with Crippen LogP contribution >= 0.6 is 0 Å². The number of aromatic nitrogens is 3. The summed E-state index contributed by atoms with van der Waals surface area (Å²) in [6.45, 7) is 3.77. The van der Waals surface area contributed by atoms with Crippen molar-refractivity contribution in [1.29, 1.82) is 0 Å². The number of ether oxygens (including phenoxy) is 3. The highest BCUT2D eigenvalue weighted by Gasteiger charge is 2.47. The number of halogens is 3. The number of methoxy groups -OCH3 is 1. The molecule has 7 rings (SSSR count). The molecular formula is C34H38F3N5O5. The van der Waals surface area contributed by atoms with E-state index in [0.29, 0.717) is 19.2 Å². The van der Waals surface area contributed by atoms with Crippen LogP contribution in [0.4, 0.5) is 19.0 Å². The molecule has 4 heterocycles. The van der Waals surface area contributed by atoms with Crippen LogP contribution in [0.1, 0.15) is 39.0 Å². The third kappa shape index (κ3) is 5.57. The average Bonchev–Trinajstić information content (AvgIpc) is 3.40. The predicted molar refractivity (Wildman–Crippen MR) is 169 cm³/mol. The number of piperidine rings is 1. The Morgan fingerprint density at radius 2 is 1.85 bits per heavy atom. The molecule has 1 aliphatic carbocycles. The van der Waals surface area contributed by atoms with E-state index in [1.165, 1.54) is 19.2 Å². The van der Waals surface area contributed by atoms with Gasteiger partial charge in [-0.05, 0) is 69.8 Å². The summed E-state index contributed by atoms with van der Waals surface area (Å²) in [5.74, 6) is -3.45. The maximum absolute atomic E-state index is 16.9. The van der Waals surface area contributed by atoms with Crippen molar-refractivity contribution in [3.63, 3.8) is 0 Å². The molecule has 47 heavy (non-hydrogen) atoms. The summed E-state index contributed by atoms with van der Waals surface area (Å²) in [7, 11) is 3.48. The highest BCUT2D eigenvalue weighted by molar-refractivity contribution is 6.02. The molecule has 3 atom stereocenters. The Morgan fingerprint density at radius 3 is 2.66 bits per heavy atom. The van der Waals surface area contributed by atoms with E-state index in [1.807, 2.05) is 0 Å². The minimum absolute atomic E-state index is 0.0679. The lowest BCUT2D eigenvalue weighted by atomic mass is 9.76. The molecular weight excluding hydrogens is 615 g/mol. The molecule has 0 amide bonds. The zero-order valence-electron chi connectivity index (χ0n) is 26.7. The zero-order valence-corrected chi connectivity index (χ0v) is 26.7. The van der Waals surface area contributed by atoms with Gasteiger partial charge in [-0.15, -0.1) is 0 Å². The standard InChI is InChI=1S/C34H38F3N5O5/c1-33(44)16-42(12-13-46-17-33)30-25-29(39-32(40-30)47-18-34-9-4-6-23(34)41(2)11-5-10-34)27(37)28(38-31(25)45-3)21-15-20(43)14-19-7-8-22(35)26(36)24(19)21/h7-8,14-15,23,43-44H,4-6,9-13,16-18H2,1-3H3. The van der Waals surface area contributed by atoms with Gasteiger partial charge in [0.2, 0.25) is 5.88 Å². The fourth-order valence-corrected chi connectivity index (χ4v) is 7.86. The normalized spacial score (nSPS) is 25.3. The van der Waals surface area contributed by atoms with E-state index in [-0.39, 0.29) is 75.9 Å². The molecule has 1 saturated carbocycles. The maximum Gasteiger partial charge on any atom is 0.319 e. The van der Waals surface area contributed by atoms with Gasteiger partial charge in [0.1, 0.15) is 33.8 Å². The van der Waals surface area contributed by atoms with E-state index < -0.39 is 28.7 Å². The number of rotatable bonds is 6. The zero-order chi connectivity index (χ0) is 33.1. The molecule has 3 unspecified atom stereocenters. The third-order valence-electron chi connectivity index (χ3n) is 9.97. The Bertz CT molecular complexity index is 1860. The molecule has 10 nitrogen and oxygen atoms in total. The molecule has 0 bridgehead atoms. The molecule has 4 aromatic rings. The lowest BCUT2D eigenvalue weighted by Crippen LogP contribution is -2.50. The minimum Gasteiger partial charge on any atom is -0.508 e. The summed E-state index contributed by atoms with van der Waals surface area (Å²) in [4.78, 5) is 17.9. The number of likely N-dealkylation sites (tertiary alicyclic amines) is 1. The number of β-amino-alcohol motifs (C(OH)–C–C–N with tert-alkyl or cyclic N) is 1. The van der Waals surface area contributed by atoms with Crippen LogP contribution in [0.3, 0.4) is 0 Å². The molecule has 250 valence electrons. The van der Waals surface area contributed by atoms with Crippen molar-refractivity contribution in [3.8, 4) is 28.9 Å². The number of hydrogen-bond donors (Lipinski definition) is 2. The summed E-state index contributed by atoms with van der Waals surface area (Å²) in [5.41, 5.74) is -2.14.